The molecule has 0 unspecified atom stereocenters. The molecular formula is C23H25ClN4O3. The quantitative estimate of drug-likeness (QED) is 0.456. The lowest BCUT2D eigenvalue weighted by molar-refractivity contribution is 0.0459. The summed E-state index contributed by atoms with van der Waals surface area (Å²) in [5.41, 5.74) is 9.45. The number of esters is 1. The fourth-order valence-electron chi connectivity index (χ4n) is 2.79. The Morgan fingerprint density at radius 3 is 2.39 bits per heavy atom. The van der Waals surface area contributed by atoms with Gasteiger partial charge in [-0.25, -0.2) is 9.78 Å². The molecule has 0 saturated carbocycles. The molecule has 3 aromatic rings. The Morgan fingerprint density at radius 1 is 1.13 bits per heavy atom. The maximum atomic E-state index is 12.1. The number of nitrogens with one attached hydrogen (secondary N) is 1. The first kappa shape index (κ1) is 22.4. The first-order valence-electron chi connectivity index (χ1n) is 9.84. The standard InChI is InChI=1S/C23H25ClN4O3/c1-13(2)11-30-23(29)16-5-7-17(8-6-16)28-21-20(25)22(27-12-26-21)31-18-9-14(3)19(24)15(4)10-18/h5-10,12-13H,11,25H2,1-4H3,(H,26,27,28). The molecule has 0 atom stereocenters. The number of aromatic nitrogens is 2. The van der Waals surface area contributed by atoms with Crippen molar-refractivity contribution in [2.24, 2.45) is 5.92 Å². The number of nitrogens with zero attached hydrogens (tertiary/aromatic N) is 2. The number of hydrogen-bond donors (Lipinski definition) is 2. The van der Waals surface area contributed by atoms with E-state index in [-0.39, 0.29) is 23.5 Å². The van der Waals surface area contributed by atoms with Crippen LogP contribution in [0.1, 0.15) is 35.3 Å². The second kappa shape index (κ2) is 9.66. The van der Waals surface area contributed by atoms with Crippen LogP contribution in [0.25, 0.3) is 0 Å². The van der Waals surface area contributed by atoms with Gasteiger partial charge in [0.1, 0.15) is 17.8 Å². The Kier molecular flexibility index (Phi) is 6.97. The van der Waals surface area contributed by atoms with E-state index in [1.54, 1.807) is 24.3 Å². The summed E-state index contributed by atoms with van der Waals surface area (Å²) in [6.45, 7) is 8.16. The van der Waals surface area contributed by atoms with E-state index in [0.29, 0.717) is 34.4 Å². The van der Waals surface area contributed by atoms with E-state index in [2.05, 4.69) is 15.3 Å². The van der Waals surface area contributed by atoms with E-state index in [1.807, 2.05) is 39.8 Å². The number of aryl methyl sites for hydroxylation is 2. The number of anilines is 3. The third-order valence-electron chi connectivity index (χ3n) is 4.40. The van der Waals surface area contributed by atoms with Gasteiger partial charge >= 0.3 is 5.97 Å². The lowest BCUT2D eigenvalue weighted by Crippen LogP contribution is -2.10. The van der Waals surface area contributed by atoms with Crippen LogP contribution in [0, 0.1) is 19.8 Å². The maximum Gasteiger partial charge on any atom is 0.338 e. The molecule has 0 aliphatic heterocycles. The van der Waals surface area contributed by atoms with Gasteiger partial charge in [0.05, 0.1) is 12.2 Å². The van der Waals surface area contributed by atoms with Gasteiger partial charge in [0.15, 0.2) is 5.82 Å². The van der Waals surface area contributed by atoms with Crippen molar-refractivity contribution in [1.82, 2.24) is 9.97 Å². The highest BCUT2D eigenvalue weighted by Gasteiger charge is 2.13. The smallest absolute Gasteiger partial charge is 0.338 e. The first-order chi connectivity index (χ1) is 14.7. The SMILES string of the molecule is Cc1cc(Oc2ncnc(Nc3ccc(C(=O)OCC(C)C)cc3)c2N)cc(C)c1Cl. The molecular weight excluding hydrogens is 416 g/mol. The van der Waals surface area contributed by atoms with Crippen LogP contribution in [0.15, 0.2) is 42.7 Å². The monoisotopic (exact) mass is 440 g/mol. The van der Waals surface area contributed by atoms with Crippen molar-refractivity contribution >= 4 is 34.8 Å². The third-order valence-corrected chi connectivity index (χ3v) is 5.00. The van der Waals surface area contributed by atoms with Crippen LogP contribution >= 0.6 is 11.6 Å². The number of halogens is 1. The summed E-state index contributed by atoms with van der Waals surface area (Å²) in [7, 11) is 0. The normalized spacial score (nSPS) is 10.8. The number of benzene rings is 2. The minimum atomic E-state index is -0.356. The highest BCUT2D eigenvalue weighted by molar-refractivity contribution is 6.32. The zero-order valence-electron chi connectivity index (χ0n) is 17.9. The predicted octanol–water partition coefficient (Wildman–Crippen LogP) is 5.68. The number of ether oxygens (including phenoxy) is 2. The zero-order valence-corrected chi connectivity index (χ0v) is 18.7. The molecule has 162 valence electrons. The maximum absolute atomic E-state index is 12.1. The van der Waals surface area contributed by atoms with Gasteiger partial charge < -0.3 is 20.5 Å². The number of nitrogen functional groups attached to an aromatic ring is 1. The molecule has 7 nitrogen and oxygen atoms in total. The summed E-state index contributed by atoms with van der Waals surface area (Å²) in [6.07, 6.45) is 1.36. The lowest BCUT2D eigenvalue weighted by Gasteiger charge is -2.13. The average molecular weight is 441 g/mol. The fraction of sp³-hybridized carbons (Fsp3) is 0.261. The van der Waals surface area contributed by atoms with E-state index in [9.17, 15) is 4.79 Å². The van der Waals surface area contributed by atoms with E-state index in [4.69, 9.17) is 26.8 Å². The Hall–Kier alpha value is -3.32. The van der Waals surface area contributed by atoms with E-state index >= 15 is 0 Å². The van der Waals surface area contributed by atoms with Gasteiger partial charge in [-0.3, -0.25) is 0 Å². The Morgan fingerprint density at radius 2 is 1.77 bits per heavy atom. The van der Waals surface area contributed by atoms with Gasteiger partial charge in [0.25, 0.3) is 0 Å². The van der Waals surface area contributed by atoms with Gasteiger partial charge in [-0.05, 0) is 67.3 Å². The van der Waals surface area contributed by atoms with Gasteiger partial charge in [-0.15, -0.1) is 0 Å². The molecule has 0 amide bonds. The molecule has 1 heterocycles. The van der Waals surface area contributed by atoms with Crippen LogP contribution in [-0.2, 0) is 4.74 Å². The molecule has 0 fully saturated rings. The summed E-state index contributed by atoms with van der Waals surface area (Å²) < 4.78 is 11.1. The molecule has 1 aromatic heterocycles. The molecule has 3 rings (SSSR count). The third kappa shape index (κ3) is 5.64. The predicted molar refractivity (Wildman–Crippen MR) is 122 cm³/mol. The molecule has 3 N–H and O–H groups in total. The second-order valence-corrected chi connectivity index (χ2v) is 7.99. The Labute approximate surface area is 186 Å². The molecule has 0 spiro atoms. The molecule has 0 aliphatic carbocycles. The molecule has 0 bridgehead atoms. The van der Waals surface area contributed by atoms with Crippen molar-refractivity contribution in [3.63, 3.8) is 0 Å². The molecule has 31 heavy (non-hydrogen) atoms. The van der Waals surface area contributed by atoms with E-state index < -0.39 is 0 Å². The Bertz CT molecular complexity index is 1060. The van der Waals surface area contributed by atoms with Crippen molar-refractivity contribution in [2.45, 2.75) is 27.7 Å². The number of carbonyl (C=O) groups excluding carboxylic acids is 1. The molecule has 2 aromatic carbocycles. The highest BCUT2D eigenvalue weighted by atomic mass is 35.5. The minimum absolute atomic E-state index is 0.229. The van der Waals surface area contributed by atoms with Gasteiger partial charge in [-0.2, -0.15) is 4.98 Å². The largest absolute Gasteiger partial charge is 0.462 e. The fourth-order valence-corrected chi connectivity index (χ4v) is 2.90. The molecule has 0 radical (unpaired) electrons. The number of rotatable bonds is 7. The Balaban J connectivity index is 1.74. The van der Waals surface area contributed by atoms with E-state index in [0.717, 1.165) is 11.1 Å². The summed E-state index contributed by atoms with van der Waals surface area (Å²) >= 11 is 6.22. The lowest BCUT2D eigenvalue weighted by atomic mass is 10.1. The van der Waals surface area contributed by atoms with Gasteiger partial charge in [0, 0.05) is 10.7 Å². The second-order valence-electron chi connectivity index (χ2n) is 7.61. The number of nitrogens with two attached hydrogens (primary N) is 1. The van der Waals surface area contributed by atoms with Crippen molar-refractivity contribution in [3.05, 3.63) is 64.4 Å². The van der Waals surface area contributed by atoms with Gasteiger partial charge in [-0.1, -0.05) is 25.4 Å². The highest BCUT2D eigenvalue weighted by Crippen LogP contribution is 2.33. The van der Waals surface area contributed by atoms with Crippen LogP contribution in [0.3, 0.4) is 0 Å². The zero-order chi connectivity index (χ0) is 22.5. The molecule has 8 heteroatoms. The molecule has 0 aliphatic rings. The number of carbonyl (C=O) groups is 1. The van der Waals surface area contributed by atoms with Crippen LogP contribution < -0.4 is 15.8 Å². The topological polar surface area (TPSA) is 99.4 Å². The van der Waals surface area contributed by atoms with Crippen molar-refractivity contribution in [2.75, 3.05) is 17.7 Å². The van der Waals surface area contributed by atoms with Crippen LogP contribution in [0.2, 0.25) is 5.02 Å². The average Bonchev–Trinajstić information content (AvgIpc) is 2.73. The van der Waals surface area contributed by atoms with Crippen LogP contribution in [0.5, 0.6) is 11.6 Å². The first-order valence-corrected chi connectivity index (χ1v) is 10.2. The minimum Gasteiger partial charge on any atom is -0.462 e. The van der Waals surface area contributed by atoms with Crippen molar-refractivity contribution < 1.29 is 14.3 Å². The summed E-state index contributed by atoms with van der Waals surface area (Å²) in [5, 5.41) is 3.81. The van der Waals surface area contributed by atoms with Gasteiger partial charge in [0.2, 0.25) is 5.88 Å². The summed E-state index contributed by atoms with van der Waals surface area (Å²) in [5.74, 6) is 1.13. The summed E-state index contributed by atoms with van der Waals surface area (Å²) in [6, 6.07) is 10.5. The van der Waals surface area contributed by atoms with Crippen LogP contribution in [-0.4, -0.2) is 22.5 Å². The van der Waals surface area contributed by atoms with E-state index in [1.165, 1.54) is 6.33 Å². The van der Waals surface area contributed by atoms with Crippen LogP contribution in [0.4, 0.5) is 17.2 Å². The number of hydrogen-bond acceptors (Lipinski definition) is 7. The van der Waals surface area contributed by atoms with Crippen molar-refractivity contribution in [3.8, 4) is 11.6 Å². The summed E-state index contributed by atoms with van der Waals surface area (Å²) in [4.78, 5) is 20.4. The van der Waals surface area contributed by atoms with Crippen molar-refractivity contribution in [1.29, 1.82) is 0 Å². The molecule has 0 saturated heterocycles.